The molecule has 1 unspecified atom stereocenters. The number of hydrogen-bond donors (Lipinski definition) is 1. The molecule has 1 atom stereocenters. The van der Waals surface area contributed by atoms with Crippen molar-refractivity contribution in [3.05, 3.63) is 40.0 Å². The summed E-state index contributed by atoms with van der Waals surface area (Å²) < 4.78 is 0. The Morgan fingerprint density at radius 2 is 2.30 bits per heavy atom. The maximum absolute atomic E-state index is 11.0. The van der Waals surface area contributed by atoms with E-state index in [9.17, 15) is 14.9 Å². The molecule has 1 aliphatic rings. The van der Waals surface area contributed by atoms with Crippen molar-refractivity contribution in [3.8, 4) is 0 Å². The Hall–Kier alpha value is -2.37. The number of nitro benzene ring substituents is 1. The molecule has 20 heavy (non-hydrogen) atoms. The molecule has 1 fully saturated rings. The van der Waals surface area contributed by atoms with Crippen molar-refractivity contribution in [2.75, 3.05) is 18.0 Å². The molecule has 0 amide bonds. The van der Waals surface area contributed by atoms with Gasteiger partial charge in [0, 0.05) is 30.9 Å². The van der Waals surface area contributed by atoms with Crippen molar-refractivity contribution in [1.29, 1.82) is 0 Å². The molecule has 0 aliphatic carbocycles. The zero-order chi connectivity index (χ0) is 14.7. The second kappa shape index (κ2) is 5.73. The number of hydrogen-bond acceptors (Lipinski definition) is 4. The predicted molar refractivity (Wildman–Crippen MR) is 75.8 cm³/mol. The molecule has 106 valence electrons. The highest BCUT2D eigenvalue weighted by atomic mass is 16.6. The van der Waals surface area contributed by atoms with Gasteiger partial charge in [-0.05, 0) is 30.5 Å². The summed E-state index contributed by atoms with van der Waals surface area (Å²) in [7, 11) is 0. The highest BCUT2D eigenvalue weighted by Gasteiger charge is 2.21. The van der Waals surface area contributed by atoms with Gasteiger partial charge in [-0.2, -0.15) is 0 Å². The van der Waals surface area contributed by atoms with Crippen molar-refractivity contribution in [3.63, 3.8) is 0 Å². The van der Waals surface area contributed by atoms with Gasteiger partial charge in [0.15, 0.2) is 0 Å². The summed E-state index contributed by atoms with van der Waals surface area (Å²) in [5.41, 5.74) is 1.12. The summed E-state index contributed by atoms with van der Waals surface area (Å²) in [5.74, 6) is -0.525. The fraction of sp³-hybridized carbons (Fsp3) is 0.357. The van der Waals surface area contributed by atoms with Gasteiger partial charge < -0.3 is 10.0 Å². The van der Waals surface area contributed by atoms with Crippen LogP contribution in [-0.4, -0.2) is 29.1 Å². The first kappa shape index (κ1) is 14.0. The minimum absolute atomic E-state index is 0.0847. The van der Waals surface area contributed by atoms with E-state index in [-0.39, 0.29) is 5.69 Å². The van der Waals surface area contributed by atoms with Gasteiger partial charge >= 0.3 is 5.97 Å². The average molecular weight is 276 g/mol. The molecule has 0 spiro atoms. The van der Waals surface area contributed by atoms with E-state index in [0.717, 1.165) is 31.3 Å². The Bertz CT molecular complexity index is 568. The van der Waals surface area contributed by atoms with Crippen LogP contribution in [0.3, 0.4) is 0 Å². The number of benzene rings is 1. The Morgan fingerprint density at radius 3 is 2.85 bits per heavy atom. The van der Waals surface area contributed by atoms with Gasteiger partial charge in [-0.25, -0.2) is 4.79 Å². The van der Waals surface area contributed by atoms with E-state index in [1.165, 1.54) is 12.1 Å². The molecule has 0 bridgehead atoms. The quantitative estimate of drug-likeness (QED) is 0.519. The number of rotatable bonds is 4. The van der Waals surface area contributed by atoms with Crippen molar-refractivity contribution < 1.29 is 14.8 Å². The lowest BCUT2D eigenvalue weighted by molar-refractivity contribution is -0.385. The Kier molecular flexibility index (Phi) is 4.02. The Labute approximate surface area is 116 Å². The summed E-state index contributed by atoms with van der Waals surface area (Å²) >= 11 is 0. The van der Waals surface area contributed by atoms with Gasteiger partial charge in [0.05, 0.1) is 10.5 Å². The van der Waals surface area contributed by atoms with Crippen LogP contribution in [-0.2, 0) is 4.79 Å². The lowest BCUT2D eigenvalue weighted by Gasteiger charge is -2.18. The largest absolute Gasteiger partial charge is 0.478 e. The standard InChI is InChI=1S/C14H16N2O4/c1-10-6-7-15(9-10)12-3-4-13(16(19)20)11(8-12)2-5-14(17)18/h2-5,8,10H,6-7,9H2,1H3,(H,17,18)/b5-2+. The van der Waals surface area contributed by atoms with Crippen LogP contribution in [0.4, 0.5) is 11.4 Å². The van der Waals surface area contributed by atoms with E-state index in [0.29, 0.717) is 11.5 Å². The van der Waals surface area contributed by atoms with Crippen molar-refractivity contribution in [1.82, 2.24) is 0 Å². The van der Waals surface area contributed by atoms with Crippen LogP contribution in [0.1, 0.15) is 18.9 Å². The molecular weight excluding hydrogens is 260 g/mol. The number of anilines is 1. The summed E-state index contributed by atoms with van der Waals surface area (Å²) in [6, 6.07) is 4.82. The van der Waals surface area contributed by atoms with Crippen LogP contribution in [0.5, 0.6) is 0 Å². The van der Waals surface area contributed by atoms with E-state index < -0.39 is 10.9 Å². The minimum atomic E-state index is -1.13. The molecule has 1 saturated heterocycles. The maximum Gasteiger partial charge on any atom is 0.328 e. The fourth-order valence-electron chi connectivity index (χ4n) is 2.37. The van der Waals surface area contributed by atoms with E-state index in [2.05, 4.69) is 11.8 Å². The van der Waals surface area contributed by atoms with E-state index in [1.807, 2.05) is 0 Å². The highest BCUT2D eigenvalue weighted by molar-refractivity contribution is 5.86. The summed E-state index contributed by atoms with van der Waals surface area (Å²) in [6.45, 7) is 4.00. The van der Waals surface area contributed by atoms with Crippen molar-refractivity contribution in [2.45, 2.75) is 13.3 Å². The fourth-order valence-corrected chi connectivity index (χ4v) is 2.37. The number of carbonyl (C=O) groups is 1. The summed E-state index contributed by atoms with van der Waals surface area (Å²) in [6.07, 6.45) is 3.28. The molecule has 2 rings (SSSR count). The van der Waals surface area contributed by atoms with E-state index >= 15 is 0 Å². The monoisotopic (exact) mass is 276 g/mol. The van der Waals surface area contributed by atoms with Gasteiger partial charge in [0.2, 0.25) is 0 Å². The third kappa shape index (κ3) is 3.14. The molecule has 1 heterocycles. The lowest BCUT2D eigenvalue weighted by Crippen LogP contribution is -2.19. The minimum Gasteiger partial charge on any atom is -0.478 e. The average Bonchev–Trinajstić information content (AvgIpc) is 2.82. The number of carboxylic acid groups (broad SMARTS) is 1. The van der Waals surface area contributed by atoms with Crippen molar-refractivity contribution >= 4 is 23.4 Å². The Balaban J connectivity index is 2.35. The zero-order valence-electron chi connectivity index (χ0n) is 11.2. The van der Waals surface area contributed by atoms with Gasteiger partial charge in [-0.15, -0.1) is 0 Å². The van der Waals surface area contributed by atoms with E-state index in [1.54, 1.807) is 12.1 Å². The smallest absolute Gasteiger partial charge is 0.328 e. The SMILES string of the molecule is CC1CCN(c2ccc([N+](=O)[O-])c(/C=C/C(=O)O)c2)C1. The van der Waals surface area contributed by atoms with Gasteiger partial charge in [0.25, 0.3) is 5.69 Å². The molecule has 0 radical (unpaired) electrons. The first-order valence-corrected chi connectivity index (χ1v) is 6.42. The van der Waals surface area contributed by atoms with Crippen molar-refractivity contribution in [2.24, 2.45) is 5.92 Å². The normalized spacial score (nSPS) is 18.6. The first-order chi connectivity index (χ1) is 9.47. The summed E-state index contributed by atoms with van der Waals surface area (Å²) in [5, 5.41) is 19.6. The van der Waals surface area contributed by atoms with Crippen LogP contribution in [0.15, 0.2) is 24.3 Å². The molecule has 0 saturated carbocycles. The number of aliphatic carboxylic acids is 1. The zero-order valence-corrected chi connectivity index (χ0v) is 11.2. The summed E-state index contributed by atoms with van der Waals surface area (Å²) in [4.78, 5) is 23.2. The van der Waals surface area contributed by atoms with Gasteiger partial charge in [-0.1, -0.05) is 6.92 Å². The molecule has 6 nitrogen and oxygen atoms in total. The van der Waals surface area contributed by atoms with E-state index in [4.69, 9.17) is 5.11 Å². The Morgan fingerprint density at radius 1 is 1.55 bits per heavy atom. The third-order valence-electron chi connectivity index (χ3n) is 3.40. The van der Waals surface area contributed by atoms with Crippen LogP contribution in [0.25, 0.3) is 6.08 Å². The van der Waals surface area contributed by atoms with Crippen LogP contribution in [0, 0.1) is 16.0 Å². The lowest BCUT2D eigenvalue weighted by atomic mass is 10.1. The first-order valence-electron chi connectivity index (χ1n) is 6.42. The molecule has 1 N–H and O–H groups in total. The molecule has 1 aliphatic heterocycles. The molecule has 0 aromatic heterocycles. The van der Waals surface area contributed by atoms with Gasteiger partial charge in [0.1, 0.15) is 0 Å². The maximum atomic E-state index is 11.0. The molecule has 1 aromatic carbocycles. The number of nitrogens with zero attached hydrogens (tertiary/aromatic N) is 2. The van der Waals surface area contributed by atoms with Crippen LogP contribution in [0.2, 0.25) is 0 Å². The number of carboxylic acids is 1. The number of nitro groups is 1. The third-order valence-corrected chi connectivity index (χ3v) is 3.40. The molecule has 1 aromatic rings. The topological polar surface area (TPSA) is 83.7 Å². The molecule has 6 heteroatoms. The van der Waals surface area contributed by atoms with Crippen LogP contribution < -0.4 is 4.90 Å². The second-order valence-corrected chi connectivity index (χ2v) is 5.01. The predicted octanol–water partition coefficient (Wildman–Crippen LogP) is 2.54. The highest BCUT2D eigenvalue weighted by Crippen LogP contribution is 2.29. The molecular formula is C14H16N2O4. The van der Waals surface area contributed by atoms with Crippen LogP contribution >= 0.6 is 0 Å². The van der Waals surface area contributed by atoms with Gasteiger partial charge in [-0.3, -0.25) is 10.1 Å². The second-order valence-electron chi connectivity index (χ2n) is 5.01.